The number of carboxylic acids is 1. The van der Waals surface area contributed by atoms with Crippen molar-refractivity contribution < 1.29 is 15.0 Å². The number of rotatable bonds is 4. The second-order valence-corrected chi connectivity index (χ2v) is 4.37. The number of hydrazone groups is 1. The summed E-state index contributed by atoms with van der Waals surface area (Å²) in [5.74, 6) is -0.954. The lowest BCUT2D eigenvalue weighted by molar-refractivity contribution is 0.0697. The third-order valence-corrected chi connectivity index (χ3v) is 2.80. The maximum absolute atomic E-state index is 10.9. The average molecular weight is 291 g/mol. The summed E-state index contributed by atoms with van der Waals surface area (Å²) in [7, 11) is 0. The number of aromatic hydroxyl groups is 1. The number of carboxylic acid groups (broad SMARTS) is 1. The van der Waals surface area contributed by atoms with Crippen LogP contribution in [0.1, 0.15) is 15.9 Å². The maximum Gasteiger partial charge on any atom is 0.337 e. The van der Waals surface area contributed by atoms with E-state index in [1.54, 1.807) is 30.3 Å². The van der Waals surface area contributed by atoms with E-state index in [0.29, 0.717) is 11.3 Å². The highest BCUT2D eigenvalue weighted by molar-refractivity contribution is 6.33. The zero-order valence-electron chi connectivity index (χ0n) is 10.2. The molecule has 3 N–H and O–H groups in total. The van der Waals surface area contributed by atoms with Crippen molar-refractivity contribution in [2.45, 2.75) is 0 Å². The van der Waals surface area contributed by atoms with E-state index in [9.17, 15) is 9.90 Å². The molecule has 2 aromatic carbocycles. The Hall–Kier alpha value is -2.53. The van der Waals surface area contributed by atoms with Crippen molar-refractivity contribution in [2.75, 3.05) is 5.43 Å². The van der Waals surface area contributed by atoms with Crippen molar-refractivity contribution >= 4 is 29.5 Å². The van der Waals surface area contributed by atoms with Gasteiger partial charge in [-0.3, -0.25) is 5.43 Å². The Morgan fingerprint density at radius 2 is 2.05 bits per heavy atom. The number of hydrogen-bond acceptors (Lipinski definition) is 4. The summed E-state index contributed by atoms with van der Waals surface area (Å²) in [6.45, 7) is 0. The topological polar surface area (TPSA) is 81.9 Å². The van der Waals surface area contributed by atoms with Gasteiger partial charge in [0.15, 0.2) is 0 Å². The zero-order valence-corrected chi connectivity index (χ0v) is 11.0. The summed E-state index contributed by atoms with van der Waals surface area (Å²) in [5, 5.41) is 22.4. The predicted octanol–water partition coefficient (Wildman–Crippen LogP) is 3.19. The number of benzene rings is 2. The molecule has 0 spiro atoms. The third kappa shape index (κ3) is 3.49. The van der Waals surface area contributed by atoms with E-state index < -0.39 is 5.97 Å². The molecule has 0 aliphatic heterocycles. The molecule has 0 saturated heterocycles. The number of anilines is 1. The van der Waals surface area contributed by atoms with Gasteiger partial charge in [-0.2, -0.15) is 5.10 Å². The molecule has 0 atom stereocenters. The predicted molar refractivity (Wildman–Crippen MR) is 77.7 cm³/mol. The second-order valence-electron chi connectivity index (χ2n) is 3.96. The van der Waals surface area contributed by atoms with Gasteiger partial charge in [-0.1, -0.05) is 23.7 Å². The molecule has 6 heteroatoms. The van der Waals surface area contributed by atoms with Crippen LogP contribution in [-0.4, -0.2) is 22.4 Å². The SMILES string of the molecule is O=C(O)c1cc(NN=Cc2cccc(O)c2)ccc1Cl. The minimum Gasteiger partial charge on any atom is -0.508 e. The molecule has 0 amide bonds. The first-order chi connectivity index (χ1) is 9.56. The minimum atomic E-state index is -1.10. The maximum atomic E-state index is 10.9. The summed E-state index contributed by atoms with van der Waals surface area (Å²) >= 11 is 5.76. The van der Waals surface area contributed by atoms with Gasteiger partial charge in [0.2, 0.25) is 0 Å². The van der Waals surface area contributed by atoms with E-state index in [-0.39, 0.29) is 16.3 Å². The molecule has 20 heavy (non-hydrogen) atoms. The van der Waals surface area contributed by atoms with E-state index in [1.165, 1.54) is 18.3 Å². The molecule has 0 aliphatic rings. The van der Waals surface area contributed by atoms with E-state index in [0.717, 1.165) is 0 Å². The van der Waals surface area contributed by atoms with E-state index in [4.69, 9.17) is 16.7 Å². The monoisotopic (exact) mass is 290 g/mol. The van der Waals surface area contributed by atoms with Gasteiger partial charge < -0.3 is 10.2 Å². The van der Waals surface area contributed by atoms with Crippen molar-refractivity contribution in [3.63, 3.8) is 0 Å². The van der Waals surface area contributed by atoms with Crippen LogP contribution in [0.5, 0.6) is 5.75 Å². The molecule has 0 fully saturated rings. The summed E-state index contributed by atoms with van der Waals surface area (Å²) < 4.78 is 0. The van der Waals surface area contributed by atoms with Crippen LogP contribution in [0.15, 0.2) is 47.6 Å². The molecule has 0 heterocycles. The average Bonchev–Trinajstić information content (AvgIpc) is 2.40. The van der Waals surface area contributed by atoms with Crippen LogP contribution in [0.2, 0.25) is 5.02 Å². The number of nitrogens with zero attached hydrogens (tertiary/aromatic N) is 1. The Labute approximate surface area is 120 Å². The fraction of sp³-hybridized carbons (Fsp3) is 0. The molecule has 0 saturated carbocycles. The third-order valence-electron chi connectivity index (χ3n) is 2.47. The van der Waals surface area contributed by atoms with Gasteiger partial charge in [-0.05, 0) is 35.9 Å². The number of aromatic carboxylic acids is 1. The molecule has 0 radical (unpaired) electrons. The Kier molecular flexibility index (Phi) is 4.22. The van der Waals surface area contributed by atoms with Crippen LogP contribution in [0, 0.1) is 0 Å². The fourth-order valence-electron chi connectivity index (χ4n) is 1.55. The van der Waals surface area contributed by atoms with Gasteiger partial charge in [-0.15, -0.1) is 0 Å². The first-order valence-electron chi connectivity index (χ1n) is 5.67. The van der Waals surface area contributed by atoms with Crippen LogP contribution < -0.4 is 5.43 Å². The van der Waals surface area contributed by atoms with Crippen LogP contribution in [-0.2, 0) is 0 Å². The lowest BCUT2D eigenvalue weighted by Gasteiger charge is -2.03. The van der Waals surface area contributed by atoms with Crippen LogP contribution in [0.4, 0.5) is 5.69 Å². The highest BCUT2D eigenvalue weighted by atomic mass is 35.5. The van der Waals surface area contributed by atoms with Gasteiger partial charge in [0, 0.05) is 0 Å². The molecular weight excluding hydrogens is 280 g/mol. The molecule has 102 valence electrons. The first kappa shape index (κ1) is 13.9. The van der Waals surface area contributed by atoms with Crippen molar-refractivity contribution in [3.8, 4) is 5.75 Å². The smallest absolute Gasteiger partial charge is 0.337 e. The standard InChI is InChI=1S/C14H11ClN2O3/c15-13-5-4-10(7-12(13)14(19)20)17-16-8-9-2-1-3-11(18)6-9/h1-8,17-18H,(H,19,20). The van der Waals surface area contributed by atoms with Gasteiger partial charge in [0.1, 0.15) is 5.75 Å². The Morgan fingerprint density at radius 3 is 2.75 bits per heavy atom. The largest absolute Gasteiger partial charge is 0.508 e. The number of phenolic OH excluding ortho intramolecular Hbond substituents is 1. The van der Waals surface area contributed by atoms with E-state index >= 15 is 0 Å². The number of carbonyl (C=O) groups is 1. The Balaban J connectivity index is 2.11. The zero-order chi connectivity index (χ0) is 14.5. The lowest BCUT2D eigenvalue weighted by atomic mass is 10.2. The Morgan fingerprint density at radius 1 is 1.25 bits per heavy atom. The van der Waals surface area contributed by atoms with Crippen molar-refractivity contribution in [2.24, 2.45) is 5.10 Å². The number of nitrogens with one attached hydrogen (secondary N) is 1. The summed E-state index contributed by atoms with van der Waals surface area (Å²) in [5.41, 5.74) is 3.92. The number of halogens is 1. The minimum absolute atomic E-state index is 0.00391. The first-order valence-corrected chi connectivity index (χ1v) is 6.05. The molecule has 2 aromatic rings. The highest BCUT2D eigenvalue weighted by Gasteiger charge is 2.08. The highest BCUT2D eigenvalue weighted by Crippen LogP contribution is 2.20. The van der Waals surface area contributed by atoms with Gasteiger partial charge in [-0.25, -0.2) is 4.79 Å². The fourth-order valence-corrected chi connectivity index (χ4v) is 1.74. The second kappa shape index (κ2) is 6.08. The summed E-state index contributed by atoms with van der Waals surface area (Å²) in [6, 6.07) is 11.1. The van der Waals surface area contributed by atoms with Gasteiger partial charge >= 0.3 is 5.97 Å². The Bertz CT molecular complexity index is 671. The molecule has 0 bridgehead atoms. The van der Waals surface area contributed by atoms with Crippen molar-refractivity contribution in [1.82, 2.24) is 0 Å². The van der Waals surface area contributed by atoms with Crippen LogP contribution >= 0.6 is 11.6 Å². The van der Waals surface area contributed by atoms with Crippen LogP contribution in [0.25, 0.3) is 0 Å². The van der Waals surface area contributed by atoms with Crippen molar-refractivity contribution in [3.05, 3.63) is 58.6 Å². The molecule has 2 rings (SSSR count). The molecule has 0 aliphatic carbocycles. The summed E-state index contributed by atoms with van der Waals surface area (Å²) in [4.78, 5) is 10.9. The van der Waals surface area contributed by atoms with E-state index in [2.05, 4.69) is 10.5 Å². The van der Waals surface area contributed by atoms with Crippen LogP contribution in [0.3, 0.4) is 0 Å². The number of hydrogen-bond donors (Lipinski definition) is 3. The summed E-state index contributed by atoms with van der Waals surface area (Å²) in [6.07, 6.45) is 1.51. The van der Waals surface area contributed by atoms with Crippen molar-refractivity contribution in [1.29, 1.82) is 0 Å². The van der Waals surface area contributed by atoms with E-state index in [1.807, 2.05) is 0 Å². The molecule has 0 unspecified atom stereocenters. The lowest BCUT2D eigenvalue weighted by Crippen LogP contribution is -1.99. The molecular formula is C14H11ClN2O3. The van der Waals surface area contributed by atoms with Gasteiger partial charge in [0.25, 0.3) is 0 Å². The normalized spacial score (nSPS) is 10.7. The number of phenols is 1. The molecule has 0 aromatic heterocycles. The quantitative estimate of drug-likeness (QED) is 0.596. The molecule has 5 nitrogen and oxygen atoms in total. The van der Waals surface area contributed by atoms with Gasteiger partial charge in [0.05, 0.1) is 22.5 Å².